The van der Waals surface area contributed by atoms with Gasteiger partial charge in [0.25, 0.3) is 11.8 Å². The number of fused-ring (bicyclic) bond motifs is 2. The molecular weight excluding hydrogens is 504 g/mol. The van der Waals surface area contributed by atoms with Crippen LogP contribution < -0.4 is 26.5 Å². The highest BCUT2D eigenvalue weighted by molar-refractivity contribution is 8.00. The minimum Gasteiger partial charge on any atom is -0.543 e. The van der Waals surface area contributed by atoms with Crippen molar-refractivity contribution in [1.29, 1.82) is 0 Å². The summed E-state index contributed by atoms with van der Waals surface area (Å²) in [6, 6.07) is 6.07. The van der Waals surface area contributed by atoms with E-state index in [1.54, 1.807) is 12.3 Å². The fourth-order valence-electron chi connectivity index (χ4n) is 4.23. The molecule has 0 radical (unpaired) electrons. The number of hydrogen-bond donors (Lipinski definition) is 3. The van der Waals surface area contributed by atoms with Crippen LogP contribution in [0.4, 0.5) is 11.7 Å². The van der Waals surface area contributed by atoms with Gasteiger partial charge in [-0.1, -0.05) is 16.4 Å². The largest absolute Gasteiger partial charge is 0.543 e. The van der Waals surface area contributed by atoms with Crippen molar-refractivity contribution >= 4 is 57.7 Å². The van der Waals surface area contributed by atoms with Crippen LogP contribution in [-0.2, 0) is 25.8 Å². The number of nitrogens with two attached hydrogens (primary N) is 2. The maximum absolute atomic E-state index is 13.0. The van der Waals surface area contributed by atoms with Gasteiger partial charge in [-0.3, -0.25) is 14.5 Å². The van der Waals surface area contributed by atoms with Crippen LogP contribution in [0.15, 0.2) is 57.6 Å². The molecule has 0 spiro atoms. The van der Waals surface area contributed by atoms with E-state index < -0.39 is 29.2 Å². The molecular formula is C22H20N8O6S. The summed E-state index contributed by atoms with van der Waals surface area (Å²) in [5.74, 6) is -2.84. The summed E-state index contributed by atoms with van der Waals surface area (Å²) in [7, 11) is 1.21. The molecule has 5 N–H and O–H groups in total. The minimum absolute atomic E-state index is 0.212. The van der Waals surface area contributed by atoms with E-state index in [-0.39, 0.29) is 29.8 Å². The molecule has 2 atom stereocenters. The van der Waals surface area contributed by atoms with Gasteiger partial charge in [0.1, 0.15) is 18.5 Å². The number of thioether (sulfide) groups is 1. The Labute approximate surface area is 212 Å². The summed E-state index contributed by atoms with van der Waals surface area (Å²) in [6.45, 7) is 0.221. The van der Waals surface area contributed by atoms with Crippen molar-refractivity contribution < 1.29 is 33.4 Å². The number of nitrogen functional groups attached to an aromatic ring is 2. The Balaban J connectivity index is 1.36. The van der Waals surface area contributed by atoms with E-state index in [9.17, 15) is 19.5 Å². The van der Waals surface area contributed by atoms with Gasteiger partial charge in [0.2, 0.25) is 11.5 Å². The molecule has 0 saturated carbocycles. The SMILES string of the molecule is CO/N=C(/C(=O)NC1C(=O)N2C(C(=O)[O-])=C(C[n+]3ccc4c(N)cccc4c3)CSC12)c1noc(N)n1. The Morgan fingerprint density at radius 1 is 1.38 bits per heavy atom. The van der Waals surface area contributed by atoms with Gasteiger partial charge in [-0.05, 0) is 12.1 Å². The number of β-lactam (4-membered cyclic amide) rings is 1. The molecule has 2 aliphatic heterocycles. The number of nitrogens with zero attached hydrogens (tertiary/aromatic N) is 5. The predicted molar refractivity (Wildman–Crippen MR) is 128 cm³/mol. The number of carbonyl (C=O) groups excluding carboxylic acids is 3. The van der Waals surface area contributed by atoms with E-state index in [1.165, 1.54) is 18.9 Å². The van der Waals surface area contributed by atoms with Crippen molar-refractivity contribution in [2.45, 2.75) is 18.0 Å². The van der Waals surface area contributed by atoms with Gasteiger partial charge in [-0.2, -0.15) is 4.98 Å². The predicted octanol–water partition coefficient (Wildman–Crippen LogP) is -1.87. The van der Waals surface area contributed by atoms with Gasteiger partial charge < -0.3 is 36.0 Å². The topological polar surface area (TPSA) is 206 Å². The first kappa shape index (κ1) is 24.1. The summed E-state index contributed by atoms with van der Waals surface area (Å²) in [6.07, 6.45) is 3.64. The fourth-order valence-corrected chi connectivity index (χ4v) is 5.56. The third kappa shape index (κ3) is 4.29. The van der Waals surface area contributed by atoms with Crippen LogP contribution in [0.25, 0.3) is 10.8 Å². The highest BCUT2D eigenvalue weighted by Gasteiger charge is 2.53. The molecule has 14 nitrogen and oxygen atoms in total. The Morgan fingerprint density at radius 3 is 2.89 bits per heavy atom. The van der Waals surface area contributed by atoms with E-state index in [0.717, 1.165) is 15.7 Å². The quantitative estimate of drug-likeness (QED) is 0.103. The molecule has 37 heavy (non-hydrogen) atoms. The Morgan fingerprint density at radius 2 is 2.19 bits per heavy atom. The second-order valence-electron chi connectivity index (χ2n) is 8.15. The van der Waals surface area contributed by atoms with Crippen LogP contribution in [0.2, 0.25) is 0 Å². The molecule has 4 heterocycles. The van der Waals surface area contributed by atoms with Crippen molar-refractivity contribution in [2.75, 3.05) is 24.3 Å². The molecule has 1 aromatic carbocycles. The number of amides is 2. The average molecular weight is 525 g/mol. The number of hydrogen-bond acceptors (Lipinski definition) is 12. The van der Waals surface area contributed by atoms with E-state index in [4.69, 9.17) is 11.5 Å². The molecule has 5 rings (SSSR count). The monoisotopic (exact) mass is 524 g/mol. The van der Waals surface area contributed by atoms with Crippen LogP contribution in [0.1, 0.15) is 5.82 Å². The zero-order chi connectivity index (χ0) is 26.3. The number of rotatable bonds is 7. The molecule has 2 aromatic heterocycles. The molecule has 0 aliphatic carbocycles. The molecule has 190 valence electrons. The maximum Gasteiger partial charge on any atom is 0.319 e. The summed E-state index contributed by atoms with van der Waals surface area (Å²) >= 11 is 1.31. The Kier molecular flexibility index (Phi) is 6.12. The Bertz CT molecular complexity index is 1500. The fraction of sp³-hybridized carbons (Fsp3) is 0.227. The van der Waals surface area contributed by atoms with Crippen molar-refractivity contribution in [2.24, 2.45) is 5.16 Å². The molecule has 2 amide bonds. The smallest absolute Gasteiger partial charge is 0.319 e. The highest BCUT2D eigenvalue weighted by atomic mass is 32.2. The normalized spacial score (nSPS) is 19.4. The summed E-state index contributed by atoms with van der Waals surface area (Å²) < 4.78 is 6.47. The van der Waals surface area contributed by atoms with Crippen molar-refractivity contribution in [3.63, 3.8) is 0 Å². The van der Waals surface area contributed by atoms with Crippen LogP contribution in [0.3, 0.4) is 0 Å². The van der Waals surface area contributed by atoms with Gasteiger partial charge in [-0.15, -0.1) is 11.8 Å². The van der Waals surface area contributed by atoms with E-state index in [2.05, 4.69) is 30.0 Å². The molecule has 15 heteroatoms. The lowest BCUT2D eigenvalue weighted by atomic mass is 10.0. The first-order valence-corrected chi connectivity index (χ1v) is 11.9. The van der Waals surface area contributed by atoms with Crippen molar-refractivity contribution in [3.8, 4) is 0 Å². The van der Waals surface area contributed by atoms with E-state index in [1.807, 2.05) is 29.0 Å². The van der Waals surface area contributed by atoms with E-state index >= 15 is 0 Å². The number of carboxylic acid groups (broad SMARTS) is 1. The number of benzene rings is 1. The molecule has 1 saturated heterocycles. The highest BCUT2D eigenvalue weighted by Crippen LogP contribution is 2.40. The molecule has 2 unspecified atom stereocenters. The zero-order valence-corrected chi connectivity index (χ0v) is 20.1. The van der Waals surface area contributed by atoms with Crippen LogP contribution >= 0.6 is 11.8 Å². The summed E-state index contributed by atoms with van der Waals surface area (Å²) in [5, 5.41) is 22.8. The number of aromatic nitrogens is 3. The van der Waals surface area contributed by atoms with Gasteiger partial charge in [0.05, 0.1) is 11.7 Å². The first-order chi connectivity index (χ1) is 17.8. The number of aliphatic carboxylic acids is 1. The first-order valence-electron chi connectivity index (χ1n) is 10.9. The van der Waals surface area contributed by atoms with Crippen LogP contribution in [-0.4, -0.2) is 62.8 Å². The lowest BCUT2D eigenvalue weighted by molar-refractivity contribution is -0.687. The van der Waals surface area contributed by atoms with Gasteiger partial charge in [-0.25, -0.2) is 4.57 Å². The Hall–Kier alpha value is -4.66. The molecule has 3 aromatic rings. The minimum atomic E-state index is -1.48. The number of carboxylic acids is 1. The van der Waals surface area contributed by atoms with Crippen molar-refractivity contribution in [1.82, 2.24) is 20.4 Å². The second-order valence-corrected chi connectivity index (χ2v) is 9.25. The zero-order valence-electron chi connectivity index (χ0n) is 19.3. The van der Waals surface area contributed by atoms with E-state index in [0.29, 0.717) is 17.0 Å². The number of nitrogens with one attached hydrogen (secondary N) is 1. The third-order valence-electron chi connectivity index (χ3n) is 5.86. The van der Waals surface area contributed by atoms with Crippen molar-refractivity contribution in [3.05, 3.63) is 53.8 Å². The summed E-state index contributed by atoms with van der Waals surface area (Å²) in [4.78, 5) is 47.4. The third-order valence-corrected chi connectivity index (χ3v) is 7.20. The summed E-state index contributed by atoms with van der Waals surface area (Å²) in [5.41, 5.74) is 12.0. The second kappa shape index (κ2) is 9.42. The van der Waals surface area contributed by atoms with Crippen LogP contribution in [0.5, 0.6) is 0 Å². The van der Waals surface area contributed by atoms with Gasteiger partial charge in [0.15, 0.2) is 18.9 Å². The maximum atomic E-state index is 13.0. The lowest BCUT2D eigenvalue weighted by Gasteiger charge is -2.50. The van der Waals surface area contributed by atoms with Crippen LogP contribution in [0, 0.1) is 0 Å². The van der Waals surface area contributed by atoms with Gasteiger partial charge >= 0.3 is 6.01 Å². The molecule has 0 bridgehead atoms. The average Bonchev–Trinajstić information content (AvgIpc) is 3.31. The lowest BCUT2D eigenvalue weighted by Crippen LogP contribution is -2.71. The van der Waals surface area contributed by atoms with Gasteiger partial charge in [0, 0.05) is 33.9 Å². The number of pyridine rings is 1. The standard InChI is InChI=1S/C22H20N8O6S/c1-35-27-14(17-26-22(24)36-28-17)18(31)25-15-19(32)30-16(21(33)34)11(9-37-20(15)30)8-29-6-5-12-10(7-29)3-2-4-13(12)23/h2-7,15,20H,8-9,23H2,1H3,(H3-,24,25,26,28,31,33,34)/b27-14+. The number of oxime groups is 1. The number of carbonyl (C=O) groups is 3. The molecule has 2 aliphatic rings. The molecule has 1 fully saturated rings. The number of anilines is 2.